The molecule has 14 nitrogen and oxygen atoms in total. The number of likely N-dealkylation sites (tertiary alicyclic amines) is 1. The molecule has 2 aliphatic heterocycles. The SMILES string of the molecule is Cc1ncsc1-c1ccc([C@H](C)NC(=O)[C@@H]2CCCN2C(=O)C(c2cc(OCCNC(=O)C3CC4(Cc5cc(-c6ccccc6O)nnc5N4)C3)no2)C(C)C)cc1. The Kier molecular flexibility index (Phi) is 10.9. The first kappa shape index (κ1) is 39.0. The van der Waals surface area contributed by atoms with Crippen molar-refractivity contribution in [3.05, 3.63) is 88.8 Å². The number of nitrogens with zero attached hydrogens (tertiary/aromatic N) is 5. The summed E-state index contributed by atoms with van der Waals surface area (Å²) >= 11 is 1.60. The first-order valence-electron chi connectivity index (χ1n) is 19.9. The standard InChI is InChI=1S/C43H48N8O6S/c1-24(2)37(42(55)51-16-7-9-33(51)41(54)46-25(3)27-11-13-28(14-12-27)38-26(4)45-23-58-38)35-19-36(50-57-35)56-17-15-44-40(53)30-21-43(22-30)20-29-18-32(48-49-39(29)47-43)31-8-5-6-10-34(31)52/h5-6,8,10-14,18-19,23-25,30,33,37,52H,7,9,15-17,20-22H2,1-4H3,(H,44,53)(H,46,54)(H,47,49)/t25-,30?,33-,37?,43?/m0/s1. The highest BCUT2D eigenvalue weighted by atomic mass is 32.1. The molecule has 2 aromatic carbocycles. The molecule has 1 unspecified atom stereocenters. The Hall–Kier alpha value is -5.83. The van der Waals surface area contributed by atoms with Crippen molar-refractivity contribution >= 4 is 34.9 Å². The minimum atomic E-state index is -0.651. The van der Waals surface area contributed by atoms with Crippen LogP contribution in [0, 0.1) is 18.8 Å². The molecular weight excluding hydrogens is 757 g/mol. The molecule has 0 radical (unpaired) electrons. The molecule has 302 valence electrons. The number of nitrogens with one attached hydrogen (secondary N) is 3. The summed E-state index contributed by atoms with van der Waals surface area (Å²) < 4.78 is 11.5. The zero-order chi connectivity index (χ0) is 40.6. The molecule has 3 atom stereocenters. The Morgan fingerprint density at radius 1 is 1.07 bits per heavy atom. The smallest absolute Gasteiger partial charge is 0.254 e. The quantitative estimate of drug-likeness (QED) is 0.0996. The van der Waals surface area contributed by atoms with E-state index in [-0.39, 0.29) is 65.9 Å². The summed E-state index contributed by atoms with van der Waals surface area (Å²) in [6.07, 6.45) is 3.37. The summed E-state index contributed by atoms with van der Waals surface area (Å²) in [6, 6.07) is 17.9. The zero-order valence-electron chi connectivity index (χ0n) is 33.0. The number of carbonyl (C=O) groups excluding carboxylic acids is 3. The van der Waals surface area contributed by atoms with Gasteiger partial charge in [-0.1, -0.05) is 50.2 Å². The van der Waals surface area contributed by atoms with Gasteiger partial charge in [0.2, 0.25) is 17.7 Å². The molecule has 5 heterocycles. The summed E-state index contributed by atoms with van der Waals surface area (Å²) in [6.45, 7) is 8.75. The van der Waals surface area contributed by atoms with Crippen molar-refractivity contribution in [2.75, 3.05) is 25.0 Å². The summed E-state index contributed by atoms with van der Waals surface area (Å²) in [7, 11) is 0. The number of anilines is 1. The number of carbonyl (C=O) groups is 3. The van der Waals surface area contributed by atoms with Crippen LogP contribution in [0.4, 0.5) is 5.82 Å². The molecular formula is C43H48N8O6S. The third-order valence-corrected chi connectivity index (χ3v) is 12.6. The van der Waals surface area contributed by atoms with Crippen molar-refractivity contribution in [1.82, 2.24) is 35.9 Å². The van der Waals surface area contributed by atoms with Gasteiger partial charge in [0.25, 0.3) is 5.88 Å². The van der Waals surface area contributed by atoms with Gasteiger partial charge in [-0.25, -0.2) is 4.98 Å². The third-order valence-electron chi connectivity index (χ3n) is 11.6. The minimum absolute atomic E-state index is 0.0437. The van der Waals surface area contributed by atoms with Gasteiger partial charge in [-0.15, -0.1) is 21.5 Å². The Bertz CT molecular complexity index is 2300. The fourth-order valence-corrected chi connectivity index (χ4v) is 9.35. The van der Waals surface area contributed by atoms with Crippen LogP contribution < -0.4 is 20.7 Å². The van der Waals surface area contributed by atoms with Gasteiger partial charge < -0.3 is 35.2 Å². The number of aryl methyl sites for hydroxylation is 1. The van der Waals surface area contributed by atoms with Gasteiger partial charge in [0, 0.05) is 35.2 Å². The highest BCUT2D eigenvalue weighted by Crippen LogP contribution is 2.48. The highest BCUT2D eigenvalue weighted by molar-refractivity contribution is 7.13. The molecule has 0 bridgehead atoms. The summed E-state index contributed by atoms with van der Waals surface area (Å²) in [5.74, 6) is 0.145. The van der Waals surface area contributed by atoms with Crippen LogP contribution in [0.15, 0.2) is 70.7 Å². The van der Waals surface area contributed by atoms with Crippen molar-refractivity contribution in [1.29, 1.82) is 0 Å². The number of thiazole rings is 1. The second-order valence-corrected chi connectivity index (χ2v) is 16.9. The number of phenols is 1. The lowest BCUT2D eigenvalue weighted by Gasteiger charge is -2.44. The molecule has 8 rings (SSSR count). The van der Waals surface area contributed by atoms with Crippen LogP contribution >= 0.6 is 11.3 Å². The number of ether oxygens (including phenoxy) is 1. The van der Waals surface area contributed by atoms with Gasteiger partial charge in [-0.05, 0) is 86.4 Å². The Labute approximate surface area is 340 Å². The Morgan fingerprint density at radius 2 is 1.86 bits per heavy atom. The average Bonchev–Trinajstić information content (AvgIpc) is 4.02. The minimum Gasteiger partial charge on any atom is -0.507 e. The van der Waals surface area contributed by atoms with E-state index in [1.54, 1.807) is 34.4 Å². The van der Waals surface area contributed by atoms with Crippen molar-refractivity contribution in [3.63, 3.8) is 0 Å². The maximum atomic E-state index is 14.1. The van der Waals surface area contributed by atoms with Crippen LogP contribution in [0.2, 0.25) is 0 Å². The van der Waals surface area contributed by atoms with Gasteiger partial charge in [-0.2, -0.15) is 0 Å². The fraction of sp³-hybridized carbons (Fsp3) is 0.419. The van der Waals surface area contributed by atoms with Crippen LogP contribution in [0.5, 0.6) is 11.6 Å². The second-order valence-electron chi connectivity index (χ2n) is 16.0. The van der Waals surface area contributed by atoms with E-state index in [0.29, 0.717) is 42.8 Å². The zero-order valence-corrected chi connectivity index (χ0v) is 33.8. The number of benzene rings is 2. The molecule has 3 aliphatic rings. The average molecular weight is 805 g/mol. The molecule has 2 fully saturated rings. The monoisotopic (exact) mass is 804 g/mol. The Balaban J connectivity index is 0.798. The molecule has 15 heteroatoms. The lowest BCUT2D eigenvalue weighted by Crippen LogP contribution is -2.54. The molecule has 1 spiro atoms. The first-order valence-corrected chi connectivity index (χ1v) is 20.8. The topological polar surface area (TPSA) is 185 Å². The number of para-hydroxylation sites is 1. The van der Waals surface area contributed by atoms with Crippen LogP contribution in [0.1, 0.15) is 81.0 Å². The van der Waals surface area contributed by atoms with E-state index in [2.05, 4.69) is 36.3 Å². The van der Waals surface area contributed by atoms with Gasteiger partial charge >= 0.3 is 0 Å². The van der Waals surface area contributed by atoms with E-state index in [1.165, 1.54) is 0 Å². The molecule has 3 amide bonds. The van der Waals surface area contributed by atoms with Crippen LogP contribution in [0.25, 0.3) is 21.7 Å². The summed E-state index contributed by atoms with van der Waals surface area (Å²) in [5, 5.41) is 32.6. The molecule has 5 aromatic rings. The predicted molar refractivity (Wildman–Crippen MR) is 218 cm³/mol. The van der Waals surface area contributed by atoms with E-state index in [1.807, 2.05) is 75.7 Å². The van der Waals surface area contributed by atoms with Crippen molar-refractivity contribution in [2.45, 2.75) is 83.3 Å². The lowest BCUT2D eigenvalue weighted by atomic mass is 9.66. The maximum absolute atomic E-state index is 14.1. The summed E-state index contributed by atoms with van der Waals surface area (Å²) in [4.78, 5) is 47.8. The molecule has 4 N–H and O–H groups in total. The number of hydrogen-bond acceptors (Lipinski definition) is 12. The van der Waals surface area contributed by atoms with E-state index >= 15 is 0 Å². The van der Waals surface area contributed by atoms with Crippen molar-refractivity contribution in [2.24, 2.45) is 11.8 Å². The normalized spacial score (nSPS) is 20.6. The van der Waals surface area contributed by atoms with Gasteiger partial charge in [0.15, 0.2) is 11.6 Å². The first-order chi connectivity index (χ1) is 28.0. The summed E-state index contributed by atoms with van der Waals surface area (Å²) in [5.41, 5.74) is 6.93. The van der Waals surface area contributed by atoms with Gasteiger partial charge in [0.1, 0.15) is 24.3 Å². The molecule has 1 aliphatic carbocycles. The number of rotatable bonds is 13. The van der Waals surface area contributed by atoms with Gasteiger partial charge in [-0.3, -0.25) is 14.4 Å². The number of aromatic hydroxyl groups is 1. The number of phenolic OH excluding ortho intramolecular Hbond substituents is 1. The number of amides is 3. The fourth-order valence-electron chi connectivity index (χ4n) is 8.54. The lowest BCUT2D eigenvalue weighted by molar-refractivity contribution is -0.141. The largest absolute Gasteiger partial charge is 0.507 e. The molecule has 3 aromatic heterocycles. The van der Waals surface area contributed by atoms with Crippen molar-refractivity contribution < 1.29 is 28.8 Å². The molecule has 1 saturated carbocycles. The predicted octanol–water partition coefficient (Wildman–Crippen LogP) is 6.19. The third kappa shape index (κ3) is 7.87. The van der Waals surface area contributed by atoms with Crippen molar-refractivity contribution in [3.8, 4) is 33.3 Å². The Morgan fingerprint density at radius 3 is 2.60 bits per heavy atom. The molecule has 58 heavy (non-hydrogen) atoms. The highest BCUT2D eigenvalue weighted by Gasteiger charge is 2.51. The van der Waals surface area contributed by atoms with Gasteiger partial charge in [0.05, 0.1) is 34.4 Å². The van der Waals surface area contributed by atoms with E-state index in [4.69, 9.17) is 9.26 Å². The second kappa shape index (κ2) is 16.2. The number of aromatic nitrogens is 4. The van der Waals surface area contributed by atoms with Crippen LogP contribution in [0.3, 0.4) is 0 Å². The number of hydrogen-bond donors (Lipinski definition) is 4. The van der Waals surface area contributed by atoms with Crippen LogP contribution in [-0.4, -0.2) is 79.3 Å². The number of fused-ring (bicyclic) bond motifs is 1. The van der Waals surface area contributed by atoms with E-state index in [0.717, 1.165) is 45.9 Å². The molecule has 1 saturated heterocycles. The maximum Gasteiger partial charge on any atom is 0.254 e. The van der Waals surface area contributed by atoms with Crippen LogP contribution in [-0.2, 0) is 20.8 Å². The van der Waals surface area contributed by atoms with E-state index in [9.17, 15) is 19.5 Å². The van der Waals surface area contributed by atoms with E-state index < -0.39 is 12.0 Å².